The van der Waals surface area contributed by atoms with Crippen molar-refractivity contribution in [2.75, 3.05) is 44.7 Å². The summed E-state index contributed by atoms with van der Waals surface area (Å²) in [5, 5.41) is 9.29. The molecule has 0 aromatic heterocycles. The van der Waals surface area contributed by atoms with Gasteiger partial charge in [0.25, 0.3) is 0 Å². The monoisotopic (exact) mass is 289 g/mol. The molecule has 0 aliphatic heterocycles. The molecular formula is C17H27N3O. The zero-order valence-electron chi connectivity index (χ0n) is 13.7. The molecule has 0 unspecified atom stereocenters. The van der Waals surface area contributed by atoms with Gasteiger partial charge in [0.2, 0.25) is 0 Å². The van der Waals surface area contributed by atoms with Gasteiger partial charge in [0.15, 0.2) is 0 Å². The maximum atomic E-state index is 9.29. The van der Waals surface area contributed by atoms with Crippen LogP contribution >= 0.6 is 0 Å². The Balaban J connectivity index is 2.77. The average Bonchev–Trinajstić information content (AvgIpc) is 2.54. The summed E-state index contributed by atoms with van der Waals surface area (Å²) in [7, 11) is 1.65. The van der Waals surface area contributed by atoms with Gasteiger partial charge in [-0.25, -0.2) is 0 Å². The first-order valence-electron chi connectivity index (χ1n) is 7.75. The van der Waals surface area contributed by atoms with E-state index >= 15 is 0 Å². The van der Waals surface area contributed by atoms with E-state index in [0.717, 1.165) is 50.6 Å². The van der Waals surface area contributed by atoms with Gasteiger partial charge in [0, 0.05) is 19.2 Å². The van der Waals surface area contributed by atoms with Crippen molar-refractivity contribution >= 4 is 5.69 Å². The largest absolute Gasteiger partial charge is 0.497 e. The molecule has 4 heteroatoms. The predicted molar refractivity (Wildman–Crippen MR) is 88.0 cm³/mol. The van der Waals surface area contributed by atoms with Crippen molar-refractivity contribution in [1.29, 1.82) is 5.26 Å². The van der Waals surface area contributed by atoms with Crippen LogP contribution < -0.4 is 9.64 Å². The third-order valence-corrected chi connectivity index (χ3v) is 3.84. The Bertz CT molecular complexity index is 464. The van der Waals surface area contributed by atoms with Gasteiger partial charge in [0.05, 0.1) is 18.4 Å². The van der Waals surface area contributed by atoms with E-state index in [1.807, 2.05) is 18.2 Å². The van der Waals surface area contributed by atoms with Gasteiger partial charge in [-0.3, -0.25) is 0 Å². The smallest absolute Gasteiger partial charge is 0.121 e. The topological polar surface area (TPSA) is 39.5 Å². The summed E-state index contributed by atoms with van der Waals surface area (Å²) in [6.07, 6.45) is 1.09. The van der Waals surface area contributed by atoms with Gasteiger partial charge in [-0.15, -0.1) is 0 Å². The number of nitrogens with zero attached hydrogens (tertiary/aromatic N) is 3. The molecule has 0 saturated carbocycles. The molecule has 0 heterocycles. The maximum Gasteiger partial charge on any atom is 0.121 e. The number of ether oxygens (including phenoxy) is 1. The number of benzene rings is 1. The molecule has 0 aliphatic carbocycles. The lowest BCUT2D eigenvalue weighted by Gasteiger charge is -2.26. The van der Waals surface area contributed by atoms with Crippen LogP contribution in [0.25, 0.3) is 0 Å². The SMILES string of the molecule is CCN(CC)CCCN(CC)c1cc(OC)ccc1C#N. The fourth-order valence-corrected chi connectivity index (χ4v) is 2.47. The summed E-state index contributed by atoms with van der Waals surface area (Å²) in [5.41, 5.74) is 1.68. The first-order chi connectivity index (χ1) is 10.2. The highest BCUT2D eigenvalue weighted by Gasteiger charge is 2.11. The number of methoxy groups -OCH3 is 1. The summed E-state index contributed by atoms with van der Waals surface area (Å²) in [6, 6.07) is 7.91. The van der Waals surface area contributed by atoms with Crippen LogP contribution in [-0.2, 0) is 0 Å². The van der Waals surface area contributed by atoms with Crippen LogP contribution in [-0.4, -0.2) is 44.7 Å². The Morgan fingerprint density at radius 1 is 1.10 bits per heavy atom. The van der Waals surface area contributed by atoms with E-state index in [2.05, 4.69) is 36.6 Å². The van der Waals surface area contributed by atoms with E-state index < -0.39 is 0 Å². The first-order valence-corrected chi connectivity index (χ1v) is 7.75. The lowest BCUT2D eigenvalue weighted by atomic mass is 10.1. The van der Waals surface area contributed by atoms with E-state index in [-0.39, 0.29) is 0 Å². The first kappa shape index (κ1) is 17.3. The Labute approximate surface area is 128 Å². The molecule has 0 bridgehead atoms. The number of hydrogen-bond donors (Lipinski definition) is 0. The Hall–Kier alpha value is -1.73. The molecule has 116 valence electrons. The molecule has 21 heavy (non-hydrogen) atoms. The Morgan fingerprint density at radius 3 is 2.33 bits per heavy atom. The number of rotatable bonds is 9. The fourth-order valence-electron chi connectivity index (χ4n) is 2.47. The van der Waals surface area contributed by atoms with Gasteiger partial charge in [0.1, 0.15) is 11.8 Å². The van der Waals surface area contributed by atoms with Crippen LogP contribution in [0.3, 0.4) is 0 Å². The molecule has 1 aromatic rings. The molecule has 4 nitrogen and oxygen atoms in total. The van der Waals surface area contributed by atoms with Gasteiger partial charge in [-0.1, -0.05) is 13.8 Å². The van der Waals surface area contributed by atoms with E-state index in [4.69, 9.17) is 4.74 Å². The van der Waals surface area contributed by atoms with Crippen LogP contribution in [0.1, 0.15) is 32.8 Å². The summed E-state index contributed by atoms with van der Waals surface area (Å²) >= 11 is 0. The van der Waals surface area contributed by atoms with Crippen LogP contribution in [0.2, 0.25) is 0 Å². The van der Waals surface area contributed by atoms with Gasteiger partial charge < -0.3 is 14.5 Å². The molecule has 0 atom stereocenters. The molecule has 0 aliphatic rings. The van der Waals surface area contributed by atoms with Crippen molar-refractivity contribution in [2.24, 2.45) is 0 Å². The van der Waals surface area contributed by atoms with E-state index in [1.54, 1.807) is 7.11 Å². The van der Waals surface area contributed by atoms with E-state index in [1.165, 1.54) is 0 Å². The van der Waals surface area contributed by atoms with Crippen molar-refractivity contribution in [3.8, 4) is 11.8 Å². The fraction of sp³-hybridized carbons (Fsp3) is 0.588. The minimum Gasteiger partial charge on any atom is -0.497 e. The molecule has 0 saturated heterocycles. The van der Waals surface area contributed by atoms with Crippen molar-refractivity contribution in [1.82, 2.24) is 4.90 Å². The quantitative estimate of drug-likeness (QED) is 0.700. The highest BCUT2D eigenvalue weighted by molar-refractivity contribution is 5.62. The predicted octanol–water partition coefficient (Wildman–Crippen LogP) is 3.13. The second-order valence-electron chi connectivity index (χ2n) is 4.95. The molecule has 0 amide bonds. The second-order valence-corrected chi connectivity index (χ2v) is 4.95. The Morgan fingerprint density at radius 2 is 1.81 bits per heavy atom. The summed E-state index contributed by atoms with van der Waals surface area (Å²) in [5.74, 6) is 0.797. The van der Waals surface area contributed by atoms with Gasteiger partial charge in [-0.05, 0) is 45.1 Å². The molecule has 0 spiro atoms. The zero-order chi connectivity index (χ0) is 15.7. The summed E-state index contributed by atoms with van der Waals surface area (Å²) in [6.45, 7) is 11.6. The number of anilines is 1. The molecule has 0 fully saturated rings. The molecule has 0 radical (unpaired) electrons. The lowest BCUT2D eigenvalue weighted by molar-refractivity contribution is 0.300. The zero-order valence-corrected chi connectivity index (χ0v) is 13.7. The summed E-state index contributed by atoms with van der Waals surface area (Å²) < 4.78 is 5.28. The maximum absolute atomic E-state index is 9.29. The molecule has 1 aromatic carbocycles. The van der Waals surface area contributed by atoms with E-state index in [9.17, 15) is 5.26 Å². The van der Waals surface area contributed by atoms with Crippen LogP contribution in [0.5, 0.6) is 5.75 Å². The van der Waals surface area contributed by atoms with Crippen molar-refractivity contribution in [3.63, 3.8) is 0 Å². The highest BCUT2D eigenvalue weighted by atomic mass is 16.5. The highest BCUT2D eigenvalue weighted by Crippen LogP contribution is 2.25. The van der Waals surface area contributed by atoms with Gasteiger partial charge in [-0.2, -0.15) is 5.26 Å². The molecule has 0 N–H and O–H groups in total. The van der Waals surface area contributed by atoms with E-state index in [0.29, 0.717) is 5.56 Å². The Kier molecular flexibility index (Phi) is 7.63. The normalized spacial score (nSPS) is 10.5. The standard InChI is InChI=1S/C17H27N3O/c1-5-19(6-2)11-8-12-20(7-3)17-13-16(21-4)10-9-15(17)14-18/h9-10,13H,5-8,11-12H2,1-4H3. The van der Waals surface area contributed by atoms with Crippen molar-refractivity contribution < 1.29 is 4.74 Å². The average molecular weight is 289 g/mol. The second kappa shape index (κ2) is 9.25. The van der Waals surface area contributed by atoms with Crippen LogP contribution in [0, 0.1) is 11.3 Å². The third kappa shape index (κ3) is 4.95. The lowest BCUT2D eigenvalue weighted by Crippen LogP contribution is -2.30. The molecule has 1 rings (SSSR count). The molecular weight excluding hydrogens is 262 g/mol. The van der Waals surface area contributed by atoms with Crippen molar-refractivity contribution in [2.45, 2.75) is 27.2 Å². The van der Waals surface area contributed by atoms with Crippen LogP contribution in [0.15, 0.2) is 18.2 Å². The minimum atomic E-state index is 0.709. The number of nitriles is 1. The van der Waals surface area contributed by atoms with Gasteiger partial charge >= 0.3 is 0 Å². The third-order valence-electron chi connectivity index (χ3n) is 3.84. The van der Waals surface area contributed by atoms with Crippen molar-refractivity contribution in [3.05, 3.63) is 23.8 Å². The minimum absolute atomic E-state index is 0.709. The number of hydrogen-bond acceptors (Lipinski definition) is 4. The van der Waals surface area contributed by atoms with Crippen LogP contribution in [0.4, 0.5) is 5.69 Å². The summed E-state index contributed by atoms with van der Waals surface area (Å²) in [4.78, 5) is 4.68.